The van der Waals surface area contributed by atoms with Crippen LogP contribution >= 0.6 is 0 Å². The summed E-state index contributed by atoms with van der Waals surface area (Å²) in [5.41, 5.74) is 4.34. The lowest BCUT2D eigenvalue weighted by atomic mass is 9.87. The first-order valence-electron chi connectivity index (χ1n) is 6.15. The molecule has 0 bridgehead atoms. The number of benzene rings is 1. The fourth-order valence-corrected chi connectivity index (χ4v) is 1.93. The molecule has 0 aliphatic rings. The molecule has 2 unspecified atom stereocenters. The molecule has 0 fully saturated rings. The molecule has 1 aromatic carbocycles. The molecule has 0 amide bonds. The zero-order valence-corrected chi connectivity index (χ0v) is 10.6. The number of hydrogen-bond donors (Lipinski definition) is 2. The van der Waals surface area contributed by atoms with Crippen molar-refractivity contribution in [2.24, 2.45) is 17.7 Å². The molecule has 0 aromatic heterocycles. The van der Waals surface area contributed by atoms with Crippen LogP contribution in [-0.2, 0) is 6.42 Å². The average molecular weight is 220 g/mol. The fourth-order valence-electron chi connectivity index (χ4n) is 1.93. The van der Waals surface area contributed by atoms with Crippen molar-refractivity contribution < 1.29 is 0 Å². The monoisotopic (exact) mass is 220 g/mol. The number of rotatable bonds is 6. The van der Waals surface area contributed by atoms with Gasteiger partial charge in [-0.25, -0.2) is 0 Å². The van der Waals surface area contributed by atoms with Gasteiger partial charge in [0.05, 0.1) is 0 Å². The van der Waals surface area contributed by atoms with Gasteiger partial charge in [-0.2, -0.15) is 0 Å². The summed E-state index contributed by atoms with van der Waals surface area (Å²) < 4.78 is 0. The number of hydrazine groups is 1. The third kappa shape index (κ3) is 3.95. The van der Waals surface area contributed by atoms with Crippen molar-refractivity contribution in [2.75, 3.05) is 0 Å². The van der Waals surface area contributed by atoms with Crippen molar-refractivity contribution in [3.8, 4) is 0 Å². The smallest absolute Gasteiger partial charge is 0.0241 e. The van der Waals surface area contributed by atoms with E-state index in [1.165, 1.54) is 5.56 Å². The average Bonchev–Trinajstić information content (AvgIpc) is 2.30. The second kappa shape index (κ2) is 6.66. The van der Waals surface area contributed by atoms with Crippen LogP contribution in [0.25, 0.3) is 0 Å². The molecule has 2 nitrogen and oxygen atoms in total. The molecule has 16 heavy (non-hydrogen) atoms. The van der Waals surface area contributed by atoms with Gasteiger partial charge < -0.3 is 0 Å². The highest BCUT2D eigenvalue weighted by molar-refractivity contribution is 5.14. The Balaban J connectivity index is 2.46. The van der Waals surface area contributed by atoms with Crippen LogP contribution < -0.4 is 11.3 Å². The van der Waals surface area contributed by atoms with E-state index in [0.717, 1.165) is 12.8 Å². The lowest BCUT2D eigenvalue weighted by molar-refractivity contribution is 0.288. The van der Waals surface area contributed by atoms with Crippen LogP contribution in [0.15, 0.2) is 30.3 Å². The van der Waals surface area contributed by atoms with Gasteiger partial charge in [0.25, 0.3) is 0 Å². The summed E-state index contributed by atoms with van der Waals surface area (Å²) >= 11 is 0. The van der Waals surface area contributed by atoms with E-state index in [1.807, 2.05) is 0 Å². The summed E-state index contributed by atoms with van der Waals surface area (Å²) in [7, 11) is 0. The zero-order valence-electron chi connectivity index (χ0n) is 10.6. The highest BCUT2D eigenvalue weighted by atomic mass is 15.2. The van der Waals surface area contributed by atoms with Gasteiger partial charge in [-0.05, 0) is 30.2 Å². The van der Waals surface area contributed by atoms with Crippen molar-refractivity contribution >= 4 is 0 Å². The molecule has 2 heteroatoms. The predicted molar refractivity (Wildman–Crippen MR) is 69.9 cm³/mol. The van der Waals surface area contributed by atoms with E-state index in [-0.39, 0.29) is 0 Å². The third-order valence-electron chi connectivity index (χ3n) is 3.49. The molecule has 0 aliphatic carbocycles. The minimum absolute atomic E-state index is 0.403. The van der Waals surface area contributed by atoms with E-state index in [0.29, 0.717) is 17.9 Å². The van der Waals surface area contributed by atoms with Gasteiger partial charge in [0, 0.05) is 6.04 Å². The Labute approximate surface area is 99.2 Å². The normalized spacial score (nSPS) is 15.1. The van der Waals surface area contributed by atoms with E-state index in [1.54, 1.807) is 0 Å². The number of aryl methyl sites for hydroxylation is 1. The topological polar surface area (TPSA) is 38.0 Å². The highest BCUT2D eigenvalue weighted by Gasteiger charge is 2.18. The Morgan fingerprint density at radius 1 is 1.12 bits per heavy atom. The molecule has 0 aliphatic heterocycles. The van der Waals surface area contributed by atoms with Crippen LogP contribution in [-0.4, -0.2) is 6.04 Å². The summed E-state index contributed by atoms with van der Waals surface area (Å²) in [6.45, 7) is 6.76. The minimum Gasteiger partial charge on any atom is -0.271 e. The Hall–Kier alpha value is -0.860. The van der Waals surface area contributed by atoms with E-state index in [2.05, 4.69) is 56.5 Å². The largest absolute Gasteiger partial charge is 0.271 e. The van der Waals surface area contributed by atoms with Crippen molar-refractivity contribution in [1.29, 1.82) is 0 Å². The van der Waals surface area contributed by atoms with Crippen LogP contribution in [0.4, 0.5) is 0 Å². The molecule has 1 aromatic rings. The van der Waals surface area contributed by atoms with Gasteiger partial charge >= 0.3 is 0 Å². The van der Waals surface area contributed by atoms with Crippen molar-refractivity contribution in [3.63, 3.8) is 0 Å². The van der Waals surface area contributed by atoms with E-state index in [9.17, 15) is 0 Å². The second-order valence-corrected chi connectivity index (χ2v) is 4.90. The lowest BCUT2D eigenvalue weighted by Crippen LogP contribution is -2.42. The van der Waals surface area contributed by atoms with Gasteiger partial charge in [-0.15, -0.1) is 0 Å². The maximum Gasteiger partial charge on any atom is 0.0241 e. The highest BCUT2D eigenvalue weighted by Crippen LogP contribution is 2.18. The molecule has 90 valence electrons. The van der Waals surface area contributed by atoms with Crippen molar-refractivity contribution in [3.05, 3.63) is 35.9 Å². The molecular formula is C14H24N2. The van der Waals surface area contributed by atoms with Gasteiger partial charge in [-0.1, -0.05) is 51.1 Å². The van der Waals surface area contributed by atoms with Crippen LogP contribution in [0, 0.1) is 11.8 Å². The summed E-state index contributed by atoms with van der Waals surface area (Å²) in [4.78, 5) is 0. The molecule has 1 rings (SSSR count). The summed E-state index contributed by atoms with van der Waals surface area (Å²) in [5.74, 6) is 6.89. The molecule has 0 saturated carbocycles. The standard InChI is InChI=1S/C14H24N2/c1-11(2)12(3)14(16-15)10-9-13-7-5-4-6-8-13/h4-8,11-12,14,16H,9-10,15H2,1-3H3. The van der Waals surface area contributed by atoms with Crippen LogP contribution in [0.3, 0.4) is 0 Å². The minimum atomic E-state index is 0.403. The Kier molecular flexibility index (Phi) is 5.50. The molecule has 2 atom stereocenters. The molecule has 0 spiro atoms. The Morgan fingerprint density at radius 2 is 1.75 bits per heavy atom. The summed E-state index contributed by atoms with van der Waals surface area (Å²) in [6, 6.07) is 11.0. The van der Waals surface area contributed by atoms with E-state index < -0.39 is 0 Å². The van der Waals surface area contributed by atoms with Gasteiger partial charge in [0.15, 0.2) is 0 Å². The molecule has 3 N–H and O–H groups in total. The first kappa shape index (κ1) is 13.2. The predicted octanol–water partition coefficient (Wildman–Crippen LogP) is 2.74. The van der Waals surface area contributed by atoms with Gasteiger partial charge in [0.2, 0.25) is 0 Å². The van der Waals surface area contributed by atoms with Crippen molar-refractivity contribution in [1.82, 2.24) is 5.43 Å². The molecule has 0 saturated heterocycles. The van der Waals surface area contributed by atoms with Crippen LogP contribution in [0.5, 0.6) is 0 Å². The first-order valence-corrected chi connectivity index (χ1v) is 6.15. The summed E-state index contributed by atoms with van der Waals surface area (Å²) in [6.07, 6.45) is 2.19. The zero-order chi connectivity index (χ0) is 12.0. The maximum absolute atomic E-state index is 5.63. The molecule has 0 radical (unpaired) electrons. The fraction of sp³-hybridized carbons (Fsp3) is 0.571. The lowest BCUT2D eigenvalue weighted by Gasteiger charge is -2.26. The second-order valence-electron chi connectivity index (χ2n) is 4.90. The Bertz CT molecular complexity index is 282. The third-order valence-corrected chi connectivity index (χ3v) is 3.49. The SMILES string of the molecule is CC(C)C(C)C(CCc1ccccc1)NN. The Morgan fingerprint density at radius 3 is 2.25 bits per heavy atom. The first-order chi connectivity index (χ1) is 7.65. The van der Waals surface area contributed by atoms with Crippen LogP contribution in [0.1, 0.15) is 32.8 Å². The van der Waals surface area contributed by atoms with E-state index >= 15 is 0 Å². The maximum atomic E-state index is 5.63. The number of nitrogens with two attached hydrogens (primary N) is 1. The quantitative estimate of drug-likeness (QED) is 0.571. The molecular weight excluding hydrogens is 196 g/mol. The summed E-state index contributed by atoms with van der Waals surface area (Å²) in [5, 5.41) is 0. The van der Waals surface area contributed by atoms with E-state index in [4.69, 9.17) is 5.84 Å². The number of hydrogen-bond acceptors (Lipinski definition) is 2. The van der Waals surface area contributed by atoms with Crippen molar-refractivity contribution in [2.45, 2.75) is 39.7 Å². The van der Waals surface area contributed by atoms with Crippen LogP contribution in [0.2, 0.25) is 0 Å². The molecule has 0 heterocycles. The number of nitrogens with one attached hydrogen (secondary N) is 1. The van der Waals surface area contributed by atoms with Gasteiger partial charge in [0.1, 0.15) is 0 Å². The van der Waals surface area contributed by atoms with Gasteiger partial charge in [-0.3, -0.25) is 11.3 Å².